The number of ether oxygens (including phenoxy) is 2. The highest BCUT2D eigenvalue weighted by atomic mass is 19.4. The van der Waals surface area contributed by atoms with E-state index in [0.717, 1.165) is 13.0 Å². The van der Waals surface area contributed by atoms with Gasteiger partial charge in [0.25, 0.3) is 5.91 Å². The van der Waals surface area contributed by atoms with Crippen LogP contribution in [-0.4, -0.2) is 65.5 Å². The van der Waals surface area contributed by atoms with Gasteiger partial charge in [-0.3, -0.25) is 4.79 Å². The third kappa shape index (κ3) is 5.96. The molecule has 0 saturated carbocycles. The second-order valence-corrected chi connectivity index (χ2v) is 8.20. The number of aryl methyl sites for hydroxylation is 1. The molecule has 1 aromatic heterocycles. The molecule has 0 unspecified atom stereocenters. The van der Waals surface area contributed by atoms with Gasteiger partial charge >= 0.3 is 12.2 Å². The van der Waals surface area contributed by atoms with Crippen LogP contribution in [0.25, 0.3) is 0 Å². The standard InChI is InChI=1S/C23H26F4N4O5/c1-12-6-7-28-21(35-3)19(12)30-20(33)15-9-16(24)17(10-18(15)36-13(2)23(25,26)27)29-22(34)31-8-4-5-14(31)11-32/h6-7,9-10,13-14,32H,4-5,8,11H2,1-3H3,(H,29,34)(H,30,33)/t13-,14+/m0/s1. The van der Waals surface area contributed by atoms with E-state index in [9.17, 15) is 32.3 Å². The number of nitrogens with one attached hydrogen (secondary N) is 2. The minimum absolute atomic E-state index is 0.0443. The maximum Gasteiger partial charge on any atom is 0.425 e. The van der Waals surface area contributed by atoms with Crippen LogP contribution in [0.4, 0.5) is 33.7 Å². The number of halogens is 4. The van der Waals surface area contributed by atoms with E-state index >= 15 is 0 Å². The molecule has 36 heavy (non-hydrogen) atoms. The average Bonchev–Trinajstić information content (AvgIpc) is 3.30. The van der Waals surface area contributed by atoms with Crippen molar-refractivity contribution in [2.75, 3.05) is 30.9 Å². The number of aromatic nitrogens is 1. The summed E-state index contributed by atoms with van der Waals surface area (Å²) in [5.74, 6) is -2.61. The van der Waals surface area contributed by atoms with E-state index in [4.69, 9.17) is 9.47 Å². The number of nitrogens with zero attached hydrogens (tertiary/aromatic N) is 2. The molecule has 2 atom stereocenters. The smallest absolute Gasteiger partial charge is 0.425 e. The maximum atomic E-state index is 15.0. The van der Waals surface area contributed by atoms with Crippen molar-refractivity contribution in [2.24, 2.45) is 0 Å². The Balaban J connectivity index is 1.97. The summed E-state index contributed by atoms with van der Waals surface area (Å²) in [6.07, 6.45) is -4.50. The Morgan fingerprint density at radius 3 is 2.67 bits per heavy atom. The molecule has 2 heterocycles. The highest BCUT2D eigenvalue weighted by molar-refractivity contribution is 6.07. The zero-order valence-corrected chi connectivity index (χ0v) is 19.8. The average molecular weight is 514 g/mol. The highest BCUT2D eigenvalue weighted by Gasteiger charge is 2.39. The van der Waals surface area contributed by atoms with Crippen LogP contribution in [-0.2, 0) is 0 Å². The van der Waals surface area contributed by atoms with Crippen LogP contribution in [0.15, 0.2) is 24.4 Å². The SMILES string of the molecule is COc1nccc(C)c1NC(=O)c1cc(F)c(NC(=O)N2CCC[C@@H]2CO)cc1O[C@@H](C)C(F)(F)F. The molecule has 1 aliphatic rings. The van der Waals surface area contributed by atoms with Crippen molar-refractivity contribution in [3.05, 3.63) is 41.3 Å². The topological polar surface area (TPSA) is 113 Å². The van der Waals surface area contributed by atoms with Crippen molar-refractivity contribution < 1.29 is 41.7 Å². The molecule has 2 aromatic rings. The number of amides is 3. The van der Waals surface area contributed by atoms with Gasteiger partial charge in [0, 0.05) is 18.8 Å². The van der Waals surface area contributed by atoms with Gasteiger partial charge in [0.2, 0.25) is 5.88 Å². The number of hydrogen-bond donors (Lipinski definition) is 3. The van der Waals surface area contributed by atoms with E-state index in [2.05, 4.69) is 15.6 Å². The van der Waals surface area contributed by atoms with Gasteiger partial charge in [-0.15, -0.1) is 0 Å². The predicted octanol–water partition coefficient (Wildman–Crippen LogP) is 4.11. The summed E-state index contributed by atoms with van der Waals surface area (Å²) in [5.41, 5.74) is -0.350. The molecule has 1 aromatic carbocycles. The molecule has 9 nitrogen and oxygen atoms in total. The monoisotopic (exact) mass is 514 g/mol. The summed E-state index contributed by atoms with van der Waals surface area (Å²) in [4.78, 5) is 30.9. The first-order valence-corrected chi connectivity index (χ1v) is 11.0. The summed E-state index contributed by atoms with van der Waals surface area (Å²) in [5, 5.41) is 14.2. The number of urea groups is 1. The first-order chi connectivity index (χ1) is 17.0. The molecular weight excluding hydrogens is 488 g/mol. The number of aliphatic hydroxyl groups excluding tert-OH is 1. The van der Waals surface area contributed by atoms with Crippen molar-refractivity contribution in [3.63, 3.8) is 0 Å². The van der Waals surface area contributed by atoms with Gasteiger partial charge in [-0.25, -0.2) is 14.2 Å². The lowest BCUT2D eigenvalue weighted by Gasteiger charge is -2.24. The Labute approximate surface area is 204 Å². The van der Waals surface area contributed by atoms with Crippen LogP contribution in [0.5, 0.6) is 11.6 Å². The third-order valence-electron chi connectivity index (χ3n) is 5.73. The molecule has 13 heteroatoms. The molecule has 0 radical (unpaired) electrons. The number of hydrogen-bond acceptors (Lipinski definition) is 6. The van der Waals surface area contributed by atoms with E-state index in [1.54, 1.807) is 13.0 Å². The Bertz CT molecular complexity index is 1130. The minimum atomic E-state index is -4.78. The number of benzene rings is 1. The van der Waals surface area contributed by atoms with Crippen molar-refractivity contribution in [1.29, 1.82) is 0 Å². The number of likely N-dealkylation sites (tertiary alicyclic amines) is 1. The molecule has 1 aliphatic heterocycles. The van der Waals surface area contributed by atoms with Gasteiger partial charge in [0.05, 0.1) is 31.0 Å². The first kappa shape index (κ1) is 27.0. The first-order valence-electron chi connectivity index (χ1n) is 11.0. The Morgan fingerprint density at radius 2 is 2.03 bits per heavy atom. The fourth-order valence-electron chi connectivity index (χ4n) is 3.68. The van der Waals surface area contributed by atoms with Crippen LogP contribution in [0.2, 0.25) is 0 Å². The van der Waals surface area contributed by atoms with Gasteiger partial charge in [0.15, 0.2) is 6.10 Å². The van der Waals surface area contributed by atoms with Gasteiger partial charge in [-0.2, -0.15) is 13.2 Å². The fraction of sp³-hybridized carbons (Fsp3) is 0.435. The molecule has 0 spiro atoms. The normalized spacial score (nSPS) is 16.4. The minimum Gasteiger partial charge on any atom is -0.480 e. The van der Waals surface area contributed by atoms with Crippen molar-refractivity contribution in [1.82, 2.24) is 9.88 Å². The number of methoxy groups -OCH3 is 1. The van der Waals surface area contributed by atoms with E-state index in [1.807, 2.05) is 0 Å². The van der Waals surface area contributed by atoms with Crippen molar-refractivity contribution in [3.8, 4) is 11.6 Å². The van der Waals surface area contributed by atoms with E-state index in [0.29, 0.717) is 31.0 Å². The van der Waals surface area contributed by atoms with Crippen LogP contribution >= 0.6 is 0 Å². The van der Waals surface area contributed by atoms with Crippen molar-refractivity contribution >= 4 is 23.3 Å². The molecular formula is C23H26F4N4O5. The largest absolute Gasteiger partial charge is 0.480 e. The number of anilines is 2. The van der Waals surface area contributed by atoms with Crippen LogP contribution in [0.1, 0.15) is 35.7 Å². The molecule has 196 valence electrons. The second-order valence-electron chi connectivity index (χ2n) is 8.20. The quantitative estimate of drug-likeness (QED) is 0.480. The van der Waals surface area contributed by atoms with E-state index in [1.165, 1.54) is 18.2 Å². The second kappa shape index (κ2) is 11.0. The van der Waals surface area contributed by atoms with Crippen LogP contribution in [0.3, 0.4) is 0 Å². The summed E-state index contributed by atoms with van der Waals surface area (Å²) in [6.45, 7) is 2.40. The van der Waals surface area contributed by atoms with Gasteiger partial charge < -0.3 is 30.1 Å². The molecule has 0 bridgehead atoms. The zero-order valence-electron chi connectivity index (χ0n) is 19.8. The maximum absolute atomic E-state index is 15.0. The Hall–Kier alpha value is -3.61. The van der Waals surface area contributed by atoms with Gasteiger partial charge in [0.1, 0.15) is 17.3 Å². The van der Waals surface area contributed by atoms with Crippen LogP contribution < -0.4 is 20.1 Å². The zero-order chi connectivity index (χ0) is 26.6. The van der Waals surface area contributed by atoms with E-state index < -0.39 is 53.1 Å². The molecule has 1 saturated heterocycles. The van der Waals surface area contributed by atoms with Gasteiger partial charge in [-0.1, -0.05) is 0 Å². The number of carbonyl (C=O) groups excluding carboxylic acids is 2. The van der Waals surface area contributed by atoms with Crippen molar-refractivity contribution in [2.45, 2.75) is 45.0 Å². The van der Waals surface area contributed by atoms with Gasteiger partial charge in [-0.05, 0) is 44.4 Å². The highest BCUT2D eigenvalue weighted by Crippen LogP contribution is 2.33. The summed E-state index contributed by atoms with van der Waals surface area (Å²) >= 11 is 0. The molecule has 3 N–H and O–H groups in total. The van der Waals surface area contributed by atoms with E-state index in [-0.39, 0.29) is 18.2 Å². The lowest BCUT2D eigenvalue weighted by molar-refractivity contribution is -0.189. The Morgan fingerprint density at radius 1 is 1.31 bits per heavy atom. The molecule has 3 amide bonds. The number of rotatable bonds is 7. The number of aliphatic hydroxyl groups is 1. The number of pyridine rings is 1. The summed E-state index contributed by atoms with van der Waals surface area (Å²) < 4.78 is 64.7. The summed E-state index contributed by atoms with van der Waals surface area (Å²) in [7, 11) is 1.32. The molecule has 1 fully saturated rings. The predicted molar refractivity (Wildman–Crippen MR) is 122 cm³/mol. The number of alkyl halides is 3. The fourth-order valence-corrected chi connectivity index (χ4v) is 3.68. The number of carbonyl (C=O) groups is 2. The lowest BCUT2D eigenvalue weighted by Crippen LogP contribution is -2.40. The lowest BCUT2D eigenvalue weighted by atomic mass is 10.1. The molecule has 3 rings (SSSR count). The third-order valence-corrected chi connectivity index (χ3v) is 5.73. The Kier molecular flexibility index (Phi) is 8.23. The summed E-state index contributed by atoms with van der Waals surface area (Å²) in [6, 6.07) is 1.86. The van der Waals surface area contributed by atoms with Crippen LogP contribution in [0, 0.1) is 12.7 Å². The molecule has 0 aliphatic carbocycles.